The highest BCUT2D eigenvalue weighted by Crippen LogP contribution is 2.11. The van der Waals surface area contributed by atoms with E-state index in [0.29, 0.717) is 11.5 Å². The van der Waals surface area contributed by atoms with E-state index in [2.05, 4.69) is 0 Å². The van der Waals surface area contributed by atoms with E-state index in [-0.39, 0.29) is 0 Å². The van der Waals surface area contributed by atoms with Crippen molar-refractivity contribution in [2.75, 3.05) is 26.4 Å². The monoisotopic (exact) mass is 456 g/mol. The number of phenols is 2. The van der Waals surface area contributed by atoms with Gasteiger partial charge in [-0.05, 0) is 35.9 Å². The zero-order valence-corrected chi connectivity index (χ0v) is 18.3. The summed E-state index contributed by atoms with van der Waals surface area (Å²) in [6.07, 6.45) is 4.02. The molecule has 0 atom stereocenters. The average Bonchev–Trinajstić information content (AvgIpc) is 2.87. The van der Waals surface area contributed by atoms with Crippen LogP contribution in [-0.4, -0.2) is 63.4 Å². The van der Waals surface area contributed by atoms with Crippen molar-refractivity contribution < 1.29 is 35.4 Å². The maximum absolute atomic E-state index is 9.89. The molecule has 6 N–H and O–H groups in total. The molecule has 0 bridgehead atoms. The van der Waals surface area contributed by atoms with E-state index in [1.165, 1.54) is 6.08 Å². The number of carbonyl (C=O) groups is 1. The number of para-hydroxylation sites is 2. The van der Waals surface area contributed by atoms with Crippen LogP contribution in [0.2, 0.25) is 0 Å². The van der Waals surface area contributed by atoms with Crippen LogP contribution in [0.5, 0.6) is 11.5 Å². The van der Waals surface area contributed by atoms with Gasteiger partial charge in [-0.2, -0.15) is 0 Å². The number of aromatic hydroxyl groups is 2. The van der Waals surface area contributed by atoms with Gasteiger partial charge >= 0.3 is 0 Å². The first-order chi connectivity index (χ1) is 16.0. The molecule has 33 heavy (non-hydrogen) atoms. The van der Waals surface area contributed by atoms with E-state index in [4.69, 9.17) is 30.6 Å². The van der Waals surface area contributed by atoms with Crippen LogP contribution in [0.25, 0.3) is 6.08 Å². The number of rotatable bonds is 6. The van der Waals surface area contributed by atoms with Crippen molar-refractivity contribution >= 4 is 12.4 Å². The molecular weight excluding hydrogens is 424 g/mol. The fourth-order valence-electron chi connectivity index (χ4n) is 1.87. The van der Waals surface area contributed by atoms with Gasteiger partial charge in [-0.15, -0.1) is 0 Å². The lowest BCUT2D eigenvalue weighted by Crippen LogP contribution is -2.37. The molecule has 3 aromatic rings. The maximum atomic E-state index is 9.89. The summed E-state index contributed by atoms with van der Waals surface area (Å²) in [5, 5.41) is 51.3. The molecule has 0 radical (unpaired) electrons. The molecule has 0 aliphatic heterocycles. The first-order valence-corrected chi connectivity index (χ1v) is 10.0. The first kappa shape index (κ1) is 29.5. The molecule has 0 aliphatic rings. The van der Waals surface area contributed by atoms with Gasteiger partial charge in [0.2, 0.25) is 0 Å². The van der Waals surface area contributed by atoms with Crippen molar-refractivity contribution in [1.82, 2.24) is 0 Å². The Labute approximate surface area is 194 Å². The van der Waals surface area contributed by atoms with E-state index in [9.17, 15) is 4.79 Å². The highest BCUT2D eigenvalue weighted by molar-refractivity contribution is 5.73. The number of benzene rings is 3. The summed E-state index contributed by atoms with van der Waals surface area (Å²) < 4.78 is 0. The number of hydrogen-bond donors (Lipinski definition) is 6. The number of aldehydes is 1. The van der Waals surface area contributed by atoms with Crippen molar-refractivity contribution in [1.29, 1.82) is 0 Å². The minimum Gasteiger partial charge on any atom is -0.508 e. The van der Waals surface area contributed by atoms with Crippen LogP contribution in [0.15, 0.2) is 97.1 Å². The van der Waals surface area contributed by atoms with Gasteiger partial charge in [-0.3, -0.25) is 4.79 Å². The second kappa shape index (κ2) is 19.2. The molecule has 3 rings (SSSR count). The van der Waals surface area contributed by atoms with Crippen LogP contribution in [0, 0.1) is 5.41 Å². The highest BCUT2D eigenvalue weighted by atomic mass is 16.3. The summed E-state index contributed by atoms with van der Waals surface area (Å²) >= 11 is 0. The van der Waals surface area contributed by atoms with Crippen molar-refractivity contribution in [3.8, 4) is 11.5 Å². The molecular formula is C26H32O7. The third-order valence-electron chi connectivity index (χ3n) is 4.02. The van der Waals surface area contributed by atoms with Gasteiger partial charge < -0.3 is 30.6 Å². The Hall–Kier alpha value is -3.49. The Bertz CT molecular complexity index is 795. The van der Waals surface area contributed by atoms with Gasteiger partial charge in [-0.25, -0.2) is 0 Å². The van der Waals surface area contributed by atoms with E-state index in [1.807, 2.05) is 42.5 Å². The summed E-state index contributed by atoms with van der Waals surface area (Å²) in [5.41, 5.74) is -0.0606. The number of hydrogen-bond acceptors (Lipinski definition) is 7. The zero-order valence-electron chi connectivity index (χ0n) is 18.3. The largest absolute Gasteiger partial charge is 0.508 e. The van der Waals surface area contributed by atoms with Crippen molar-refractivity contribution in [3.63, 3.8) is 0 Å². The Balaban J connectivity index is 0.000000418. The normalized spacial score (nSPS) is 9.94. The molecule has 0 spiro atoms. The van der Waals surface area contributed by atoms with Crippen molar-refractivity contribution in [2.24, 2.45) is 5.41 Å². The minimum absolute atomic E-state index is 0.322. The molecule has 0 aromatic heterocycles. The molecule has 7 nitrogen and oxygen atoms in total. The number of carbonyl (C=O) groups excluding carboxylic acids is 1. The Kier molecular flexibility index (Phi) is 17.2. The van der Waals surface area contributed by atoms with Crippen LogP contribution in [0.3, 0.4) is 0 Å². The van der Waals surface area contributed by atoms with Crippen LogP contribution in [0.4, 0.5) is 0 Å². The topological polar surface area (TPSA) is 138 Å². The molecule has 0 saturated heterocycles. The van der Waals surface area contributed by atoms with Crippen molar-refractivity contribution in [3.05, 3.63) is 103 Å². The lowest BCUT2D eigenvalue weighted by Gasteiger charge is -2.23. The van der Waals surface area contributed by atoms with Crippen LogP contribution in [0.1, 0.15) is 5.56 Å². The van der Waals surface area contributed by atoms with E-state index in [0.717, 1.165) is 11.8 Å². The number of phenolic OH excluding ortho intramolecular Hbond substituents is 2. The number of allylic oxidation sites excluding steroid dienone is 1. The molecule has 0 unspecified atom stereocenters. The lowest BCUT2D eigenvalue weighted by atomic mass is 9.93. The van der Waals surface area contributed by atoms with Crippen molar-refractivity contribution in [2.45, 2.75) is 0 Å². The zero-order chi connectivity index (χ0) is 24.8. The van der Waals surface area contributed by atoms with Crippen LogP contribution in [-0.2, 0) is 4.79 Å². The fourth-order valence-corrected chi connectivity index (χ4v) is 1.87. The van der Waals surface area contributed by atoms with Gasteiger partial charge in [0.1, 0.15) is 17.8 Å². The Morgan fingerprint density at radius 2 is 0.909 bits per heavy atom. The van der Waals surface area contributed by atoms with Crippen LogP contribution >= 0.6 is 0 Å². The van der Waals surface area contributed by atoms with Gasteiger partial charge in [0.05, 0.1) is 31.8 Å². The third-order valence-corrected chi connectivity index (χ3v) is 4.02. The van der Waals surface area contributed by atoms with Gasteiger partial charge in [0.25, 0.3) is 0 Å². The summed E-state index contributed by atoms with van der Waals surface area (Å²) in [7, 11) is 0. The molecule has 3 aromatic carbocycles. The summed E-state index contributed by atoms with van der Waals surface area (Å²) in [6.45, 7) is -1.62. The minimum atomic E-state index is -1.11. The molecule has 0 saturated carbocycles. The maximum Gasteiger partial charge on any atom is 0.142 e. The summed E-state index contributed by atoms with van der Waals surface area (Å²) in [6, 6.07) is 27.1. The van der Waals surface area contributed by atoms with E-state index < -0.39 is 31.8 Å². The number of aliphatic hydroxyl groups excluding tert-OH is 4. The average molecular weight is 457 g/mol. The molecule has 7 heteroatoms. The quantitative estimate of drug-likeness (QED) is 0.248. The molecule has 0 fully saturated rings. The SMILES string of the molecule is O=CC=Cc1ccccc1.OCC(CO)(CO)CO.Oc1ccccc1.Oc1ccccc1. The molecule has 0 heterocycles. The summed E-state index contributed by atoms with van der Waals surface area (Å²) in [5.74, 6) is 0.644. The van der Waals surface area contributed by atoms with Gasteiger partial charge in [-0.1, -0.05) is 72.8 Å². The smallest absolute Gasteiger partial charge is 0.142 e. The van der Waals surface area contributed by atoms with E-state index >= 15 is 0 Å². The lowest BCUT2D eigenvalue weighted by molar-refractivity contribution is -0.104. The van der Waals surface area contributed by atoms with Gasteiger partial charge in [0.15, 0.2) is 0 Å². The summed E-state index contributed by atoms with van der Waals surface area (Å²) in [4.78, 5) is 9.89. The van der Waals surface area contributed by atoms with Crippen LogP contribution < -0.4 is 0 Å². The third kappa shape index (κ3) is 15.0. The number of aliphatic hydroxyl groups is 4. The highest BCUT2D eigenvalue weighted by Gasteiger charge is 2.26. The second-order valence-corrected chi connectivity index (χ2v) is 6.71. The second-order valence-electron chi connectivity index (χ2n) is 6.71. The van der Waals surface area contributed by atoms with E-state index in [1.54, 1.807) is 54.6 Å². The predicted molar refractivity (Wildman–Crippen MR) is 129 cm³/mol. The fraction of sp³-hybridized carbons (Fsp3) is 0.192. The Morgan fingerprint density at radius 3 is 1.12 bits per heavy atom. The predicted octanol–water partition coefficient (Wildman–Crippen LogP) is 2.63. The Morgan fingerprint density at radius 1 is 0.576 bits per heavy atom. The standard InChI is InChI=1S/C9H8O.2C6H6O.C5H12O4/c10-8-4-7-9-5-2-1-3-6-9;2*7-6-4-2-1-3-5-6;6-1-5(2-7,3-8)4-9/h1-8H;2*1-5,7H;6-9H,1-4H2. The van der Waals surface area contributed by atoms with Gasteiger partial charge in [0, 0.05) is 0 Å². The first-order valence-electron chi connectivity index (χ1n) is 10.0. The molecule has 178 valence electrons. The molecule has 0 amide bonds. The molecule has 0 aliphatic carbocycles.